The summed E-state index contributed by atoms with van der Waals surface area (Å²) in [5.41, 5.74) is 1.85. The van der Waals surface area contributed by atoms with E-state index in [-0.39, 0.29) is 5.91 Å². The number of benzene rings is 1. The van der Waals surface area contributed by atoms with Crippen LogP contribution in [0.25, 0.3) is 0 Å². The molecule has 0 atom stereocenters. The summed E-state index contributed by atoms with van der Waals surface area (Å²) < 4.78 is 5.24. The second-order valence-electron chi connectivity index (χ2n) is 5.21. The van der Waals surface area contributed by atoms with E-state index in [1.54, 1.807) is 6.26 Å². The summed E-state index contributed by atoms with van der Waals surface area (Å²) in [6.45, 7) is 6.90. The third-order valence-electron chi connectivity index (χ3n) is 3.61. The minimum absolute atomic E-state index is 0.0448. The monoisotopic (exact) mass is 300 g/mol. The predicted molar refractivity (Wildman–Crippen MR) is 89.4 cm³/mol. The average Bonchev–Trinajstić information content (AvgIpc) is 3.06. The fourth-order valence-electron chi connectivity index (χ4n) is 2.42. The van der Waals surface area contributed by atoms with Gasteiger partial charge in [0.25, 0.3) is 5.91 Å². The number of rotatable bonds is 8. The fourth-order valence-corrected chi connectivity index (χ4v) is 2.42. The van der Waals surface area contributed by atoms with Crippen molar-refractivity contribution in [3.8, 4) is 0 Å². The summed E-state index contributed by atoms with van der Waals surface area (Å²) in [6, 6.07) is 11.6. The standard InChI is InChI=1S/C18H24N2O2/c1-3-13-20(4-2)16-9-7-15(8-10-16)18(21)19-12-11-17-6-5-14-22-17/h5-10,14H,3-4,11-13H2,1-2H3,(H,19,21). The Kier molecular flexibility index (Phi) is 6.07. The van der Waals surface area contributed by atoms with Gasteiger partial charge in [0, 0.05) is 37.3 Å². The van der Waals surface area contributed by atoms with Gasteiger partial charge in [-0.2, -0.15) is 0 Å². The van der Waals surface area contributed by atoms with E-state index in [4.69, 9.17) is 4.42 Å². The van der Waals surface area contributed by atoms with Crippen molar-refractivity contribution in [2.24, 2.45) is 0 Å². The van der Waals surface area contributed by atoms with Crippen LogP contribution in [-0.2, 0) is 6.42 Å². The predicted octanol–water partition coefficient (Wildman–Crippen LogP) is 3.49. The molecule has 1 N–H and O–H groups in total. The molecule has 0 fully saturated rings. The van der Waals surface area contributed by atoms with Gasteiger partial charge in [-0.1, -0.05) is 6.92 Å². The third kappa shape index (κ3) is 4.38. The molecule has 0 aliphatic heterocycles. The Balaban J connectivity index is 1.87. The van der Waals surface area contributed by atoms with Gasteiger partial charge in [0.2, 0.25) is 0 Å². The largest absolute Gasteiger partial charge is 0.469 e. The summed E-state index contributed by atoms with van der Waals surface area (Å²) in [4.78, 5) is 14.4. The molecule has 0 bridgehead atoms. The number of hydrogen-bond donors (Lipinski definition) is 1. The normalized spacial score (nSPS) is 10.5. The van der Waals surface area contributed by atoms with Gasteiger partial charge in [-0.3, -0.25) is 4.79 Å². The summed E-state index contributed by atoms with van der Waals surface area (Å²) in [5, 5.41) is 2.91. The van der Waals surface area contributed by atoms with Gasteiger partial charge in [0.05, 0.1) is 6.26 Å². The van der Waals surface area contributed by atoms with Gasteiger partial charge >= 0.3 is 0 Å². The van der Waals surface area contributed by atoms with Gasteiger partial charge in [0.15, 0.2) is 0 Å². The first-order valence-corrected chi connectivity index (χ1v) is 7.90. The van der Waals surface area contributed by atoms with Crippen molar-refractivity contribution >= 4 is 11.6 Å². The smallest absolute Gasteiger partial charge is 0.251 e. The molecule has 0 unspecified atom stereocenters. The molecule has 4 heteroatoms. The van der Waals surface area contributed by atoms with Crippen LogP contribution in [0.5, 0.6) is 0 Å². The van der Waals surface area contributed by atoms with E-state index in [1.165, 1.54) is 0 Å². The summed E-state index contributed by atoms with van der Waals surface area (Å²) in [7, 11) is 0. The SMILES string of the molecule is CCCN(CC)c1ccc(C(=O)NCCc2ccco2)cc1. The molecule has 1 aromatic carbocycles. The van der Waals surface area contributed by atoms with E-state index in [9.17, 15) is 4.79 Å². The fraction of sp³-hybridized carbons (Fsp3) is 0.389. The Labute approximate surface area is 132 Å². The van der Waals surface area contributed by atoms with Gasteiger partial charge in [-0.05, 0) is 49.7 Å². The van der Waals surface area contributed by atoms with Crippen LogP contribution in [0.3, 0.4) is 0 Å². The van der Waals surface area contributed by atoms with E-state index in [1.807, 2.05) is 36.4 Å². The van der Waals surface area contributed by atoms with E-state index >= 15 is 0 Å². The van der Waals surface area contributed by atoms with Crippen molar-refractivity contribution in [2.75, 3.05) is 24.5 Å². The van der Waals surface area contributed by atoms with Gasteiger partial charge in [0.1, 0.15) is 5.76 Å². The molecule has 1 aromatic heterocycles. The quantitative estimate of drug-likeness (QED) is 0.811. The maximum absolute atomic E-state index is 12.1. The molecular formula is C18H24N2O2. The molecule has 0 aliphatic carbocycles. The van der Waals surface area contributed by atoms with Crippen molar-refractivity contribution in [3.05, 3.63) is 54.0 Å². The van der Waals surface area contributed by atoms with E-state index < -0.39 is 0 Å². The van der Waals surface area contributed by atoms with Crippen molar-refractivity contribution in [1.82, 2.24) is 5.32 Å². The lowest BCUT2D eigenvalue weighted by Gasteiger charge is -2.22. The highest BCUT2D eigenvalue weighted by molar-refractivity contribution is 5.94. The molecule has 1 heterocycles. The first-order chi connectivity index (χ1) is 10.7. The van der Waals surface area contributed by atoms with E-state index in [0.29, 0.717) is 18.5 Å². The molecule has 118 valence electrons. The number of nitrogens with one attached hydrogen (secondary N) is 1. The first kappa shape index (κ1) is 16.1. The van der Waals surface area contributed by atoms with E-state index in [0.717, 1.165) is 31.0 Å². The highest BCUT2D eigenvalue weighted by Crippen LogP contribution is 2.15. The Morgan fingerprint density at radius 2 is 1.95 bits per heavy atom. The van der Waals surface area contributed by atoms with Crippen LogP contribution in [0.2, 0.25) is 0 Å². The molecule has 1 amide bonds. The third-order valence-corrected chi connectivity index (χ3v) is 3.61. The molecule has 2 rings (SSSR count). The minimum Gasteiger partial charge on any atom is -0.469 e. The van der Waals surface area contributed by atoms with Gasteiger partial charge in [-0.15, -0.1) is 0 Å². The van der Waals surface area contributed by atoms with Crippen LogP contribution in [-0.4, -0.2) is 25.5 Å². The van der Waals surface area contributed by atoms with Crippen LogP contribution in [0.4, 0.5) is 5.69 Å². The Hall–Kier alpha value is -2.23. The lowest BCUT2D eigenvalue weighted by molar-refractivity contribution is 0.0953. The lowest BCUT2D eigenvalue weighted by Crippen LogP contribution is -2.26. The number of carbonyl (C=O) groups excluding carboxylic acids is 1. The lowest BCUT2D eigenvalue weighted by atomic mass is 10.1. The Morgan fingerprint density at radius 1 is 1.18 bits per heavy atom. The molecule has 0 aliphatic rings. The van der Waals surface area contributed by atoms with Crippen LogP contribution in [0.15, 0.2) is 47.1 Å². The number of amides is 1. The van der Waals surface area contributed by atoms with Crippen molar-refractivity contribution < 1.29 is 9.21 Å². The maximum Gasteiger partial charge on any atom is 0.251 e. The summed E-state index contributed by atoms with van der Waals surface area (Å²) in [6.07, 6.45) is 3.46. The van der Waals surface area contributed by atoms with Crippen molar-refractivity contribution in [3.63, 3.8) is 0 Å². The first-order valence-electron chi connectivity index (χ1n) is 7.90. The molecule has 2 aromatic rings. The summed E-state index contributed by atoms with van der Waals surface area (Å²) >= 11 is 0. The highest BCUT2D eigenvalue weighted by atomic mass is 16.3. The number of carbonyl (C=O) groups is 1. The zero-order valence-electron chi connectivity index (χ0n) is 13.3. The molecule has 0 saturated heterocycles. The zero-order valence-corrected chi connectivity index (χ0v) is 13.3. The van der Waals surface area contributed by atoms with Crippen LogP contribution >= 0.6 is 0 Å². The average molecular weight is 300 g/mol. The van der Waals surface area contributed by atoms with Gasteiger partial charge < -0.3 is 14.6 Å². The van der Waals surface area contributed by atoms with E-state index in [2.05, 4.69) is 24.1 Å². The molecule has 0 spiro atoms. The zero-order chi connectivity index (χ0) is 15.8. The topological polar surface area (TPSA) is 45.5 Å². The second kappa shape index (κ2) is 8.27. The van der Waals surface area contributed by atoms with Crippen LogP contribution in [0.1, 0.15) is 36.4 Å². The van der Waals surface area contributed by atoms with Crippen LogP contribution in [0, 0.1) is 0 Å². The van der Waals surface area contributed by atoms with Crippen LogP contribution < -0.4 is 10.2 Å². The molecular weight excluding hydrogens is 276 g/mol. The second-order valence-corrected chi connectivity index (χ2v) is 5.21. The minimum atomic E-state index is -0.0448. The molecule has 0 saturated carbocycles. The number of anilines is 1. The van der Waals surface area contributed by atoms with Crippen molar-refractivity contribution in [1.29, 1.82) is 0 Å². The molecule has 22 heavy (non-hydrogen) atoms. The summed E-state index contributed by atoms with van der Waals surface area (Å²) in [5.74, 6) is 0.838. The number of hydrogen-bond acceptors (Lipinski definition) is 3. The molecule has 0 radical (unpaired) electrons. The maximum atomic E-state index is 12.1. The Bertz CT molecular complexity index is 561. The van der Waals surface area contributed by atoms with Gasteiger partial charge in [-0.25, -0.2) is 0 Å². The molecule has 4 nitrogen and oxygen atoms in total. The van der Waals surface area contributed by atoms with Crippen molar-refractivity contribution in [2.45, 2.75) is 26.7 Å². The Morgan fingerprint density at radius 3 is 2.55 bits per heavy atom. The highest BCUT2D eigenvalue weighted by Gasteiger charge is 2.07. The number of nitrogens with zero attached hydrogens (tertiary/aromatic N) is 1. The number of furan rings is 1.